The van der Waals surface area contributed by atoms with E-state index in [1.54, 1.807) is 0 Å². The van der Waals surface area contributed by atoms with Gasteiger partial charge in [0.05, 0.1) is 12.2 Å². The molecule has 0 aromatic carbocycles. The SMILES string of the molecule is [CH2-]CC(O)C1CCCCO1.[Li+]. The summed E-state index contributed by atoms with van der Waals surface area (Å²) < 4.78 is 5.34. The van der Waals surface area contributed by atoms with Gasteiger partial charge < -0.3 is 16.8 Å². The predicted octanol–water partition coefficient (Wildman–Crippen LogP) is -1.86. The molecule has 11 heavy (non-hydrogen) atoms. The summed E-state index contributed by atoms with van der Waals surface area (Å²) >= 11 is 0. The van der Waals surface area contributed by atoms with Gasteiger partial charge in [0.1, 0.15) is 0 Å². The van der Waals surface area contributed by atoms with Gasteiger partial charge in [0, 0.05) is 6.61 Å². The number of hydrogen-bond acceptors (Lipinski definition) is 2. The quantitative estimate of drug-likeness (QED) is 0.369. The first-order valence-corrected chi connectivity index (χ1v) is 3.93. The summed E-state index contributed by atoms with van der Waals surface area (Å²) in [5.74, 6) is 0. The fourth-order valence-electron chi connectivity index (χ4n) is 1.25. The Morgan fingerprint density at radius 2 is 2.27 bits per heavy atom. The first kappa shape index (κ1) is 11.5. The molecule has 1 aliphatic heterocycles. The Morgan fingerprint density at radius 3 is 2.73 bits per heavy atom. The second kappa shape index (κ2) is 6.08. The van der Waals surface area contributed by atoms with Crippen LogP contribution in [0.3, 0.4) is 0 Å². The van der Waals surface area contributed by atoms with Crippen LogP contribution in [-0.2, 0) is 4.74 Å². The summed E-state index contributed by atoms with van der Waals surface area (Å²) in [7, 11) is 0. The van der Waals surface area contributed by atoms with Crippen molar-refractivity contribution >= 4 is 0 Å². The van der Waals surface area contributed by atoms with E-state index in [2.05, 4.69) is 6.92 Å². The molecule has 60 valence electrons. The predicted molar refractivity (Wildman–Crippen MR) is 39.6 cm³/mol. The Kier molecular flexibility index (Phi) is 6.37. The van der Waals surface area contributed by atoms with Gasteiger partial charge in [-0.1, -0.05) is 0 Å². The maximum absolute atomic E-state index is 9.30. The minimum absolute atomic E-state index is 0. The van der Waals surface area contributed by atoms with Gasteiger partial charge in [-0.25, -0.2) is 0 Å². The van der Waals surface area contributed by atoms with Crippen LogP contribution in [0.4, 0.5) is 0 Å². The fraction of sp³-hybridized carbons (Fsp3) is 0.875. The topological polar surface area (TPSA) is 29.5 Å². The standard InChI is InChI=1S/C8H15O2.Li/c1-2-7(9)8-5-3-4-6-10-8;/h7-9H,1-6H2;/q-1;+1. The normalized spacial score (nSPS) is 27.3. The Balaban J connectivity index is 0.000001000. The van der Waals surface area contributed by atoms with Crippen molar-refractivity contribution in [2.24, 2.45) is 0 Å². The molecule has 1 rings (SSSR count). The molecular formula is C8H15LiO2. The number of aliphatic hydroxyl groups excluding tert-OH is 1. The van der Waals surface area contributed by atoms with Crippen molar-refractivity contribution in [2.75, 3.05) is 6.61 Å². The van der Waals surface area contributed by atoms with Gasteiger partial charge in [-0.05, 0) is 19.3 Å². The van der Waals surface area contributed by atoms with Crippen LogP contribution in [0.15, 0.2) is 0 Å². The van der Waals surface area contributed by atoms with E-state index in [9.17, 15) is 5.11 Å². The van der Waals surface area contributed by atoms with Crippen molar-refractivity contribution < 1.29 is 28.7 Å². The van der Waals surface area contributed by atoms with E-state index in [0.717, 1.165) is 19.4 Å². The third-order valence-electron chi connectivity index (χ3n) is 1.94. The molecule has 1 saturated heterocycles. The van der Waals surface area contributed by atoms with Gasteiger partial charge in [-0.3, -0.25) is 0 Å². The molecule has 1 N–H and O–H groups in total. The summed E-state index contributed by atoms with van der Waals surface area (Å²) in [6.07, 6.45) is 3.59. The van der Waals surface area contributed by atoms with Crippen molar-refractivity contribution in [3.05, 3.63) is 6.92 Å². The smallest absolute Gasteiger partial charge is 0.393 e. The van der Waals surface area contributed by atoms with Gasteiger partial charge in [-0.2, -0.15) is 6.42 Å². The molecule has 1 heterocycles. The number of ether oxygens (including phenoxy) is 1. The molecule has 0 aromatic rings. The molecule has 0 radical (unpaired) electrons. The largest absolute Gasteiger partial charge is 1.00 e. The van der Waals surface area contributed by atoms with E-state index in [1.807, 2.05) is 0 Å². The Morgan fingerprint density at radius 1 is 1.55 bits per heavy atom. The molecule has 0 aliphatic carbocycles. The maximum atomic E-state index is 9.30. The van der Waals surface area contributed by atoms with Crippen molar-refractivity contribution in [3.63, 3.8) is 0 Å². The van der Waals surface area contributed by atoms with Gasteiger partial charge in [0.25, 0.3) is 0 Å². The first-order valence-electron chi connectivity index (χ1n) is 3.93. The van der Waals surface area contributed by atoms with E-state index in [-0.39, 0.29) is 31.1 Å². The van der Waals surface area contributed by atoms with Crippen LogP contribution in [-0.4, -0.2) is 23.9 Å². The van der Waals surface area contributed by atoms with Crippen LogP contribution in [0, 0.1) is 6.92 Å². The zero-order valence-corrected chi connectivity index (χ0v) is 7.25. The minimum atomic E-state index is -0.347. The van der Waals surface area contributed by atoms with Gasteiger partial charge >= 0.3 is 18.9 Å². The van der Waals surface area contributed by atoms with Crippen molar-refractivity contribution in [1.82, 2.24) is 0 Å². The second-order valence-electron chi connectivity index (χ2n) is 2.76. The van der Waals surface area contributed by atoms with Crippen molar-refractivity contribution in [2.45, 2.75) is 37.9 Å². The molecule has 3 heteroatoms. The van der Waals surface area contributed by atoms with Crippen LogP contribution in [0.2, 0.25) is 0 Å². The summed E-state index contributed by atoms with van der Waals surface area (Å²) in [5.41, 5.74) is 0. The van der Waals surface area contributed by atoms with Crippen LogP contribution < -0.4 is 18.9 Å². The van der Waals surface area contributed by atoms with E-state index in [0.29, 0.717) is 6.42 Å². The van der Waals surface area contributed by atoms with Crippen LogP contribution in [0.25, 0.3) is 0 Å². The molecule has 0 spiro atoms. The van der Waals surface area contributed by atoms with Gasteiger partial charge in [0.2, 0.25) is 0 Å². The zero-order valence-electron chi connectivity index (χ0n) is 7.25. The Hall–Kier alpha value is 0.517. The molecular weight excluding hydrogens is 135 g/mol. The molecule has 2 nitrogen and oxygen atoms in total. The molecule has 0 aromatic heterocycles. The summed E-state index contributed by atoms with van der Waals surface area (Å²) in [6.45, 7) is 4.44. The summed E-state index contributed by atoms with van der Waals surface area (Å²) in [6, 6.07) is 0. The number of aliphatic hydroxyl groups is 1. The van der Waals surface area contributed by atoms with Gasteiger partial charge in [-0.15, -0.1) is 0 Å². The maximum Gasteiger partial charge on any atom is 1.00 e. The van der Waals surface area contributed by atoms with Gasteiger partial charge in [0.15, 0.2) is 0 Å². The van der Waals surface area contributed by atoms with E-state index in [4.69, 9.17) is 4.74 Å². The Bertz CT molecular complexity index is 92.1. The molecule has 1 fully saturated rings. The Labute approximate surface area is 80.5 Å². The fourth-order valence-corrected chi connectivity index (χ4v) is 1.25. The summed E-state index contributed by atoms with van der Waals surface area (Å²) in [5, 5.41) is 9.30. The van der Waals surface area contributed by atoms with E-state index >= 15 is 0 Å². The average Bonchev–Trinajstić information content (AvgIpc) is 2.05. The minimum Gasteiger partial charge on any atom is -0.393 e. The molecule has 1 aliphatic rings. The molecule has 0 bridgehead atoms. The van der Waals surface area contributed by atoms with E-state index < -0.39 is 0 Å². The third-order valence-corrected chi connectivity index (χ3v) is 1.94. The third kappa shape index (κ3) is 3.62. The monoisotopic (exact) mass is 150 g/mol. The van der Waals surface area contributed by atoms with Crippen molar-refractivity contribution in [1.29, 1.82) is 0 Å². The zero-order chi connectivity index (χ0) is 7.40. The molecule has 2 unspecified atom stereocenters. The molecule has 0 amide bonds. The number of rotatable bonds is 2. The summed E-state index contributed by atoms with van der Waals surface area (Å²) in [4.78, 5) is 0. The molecule has 0 saturated carbocycles. The second-order valence-corrected chi connectivity index (χ2v) is 2.76. The van der Waals surface area contributed by atoms with Crippen LogP contribution in [0.5, 0.6) is 0 Å². The average molecular weight is 150 g/mol. The van der Waals surface area contributed by atoms with Crippen LogP contribution >= 0.6 is 0 Å². The number of hydrogen-bond donors (Lipinski definition) is 1. The van der Waals surface area contributed by atoms with E-state index in [1.165, 1.54) is 6.42 Å². The first-order chi connectivity index (χ1) is 4.84. The van der Waals surface area contributed by atoms with Crippen molar-refractivity contribution in [3.8, 4) is 0 Å². The van der Waals surface area contributed by atoms with Crippen LogP contribution in [0.1, 0.15) is 25.7 Å². The molecule has 2 atom stereocenters.